The quantitative estimate of drug-likeness (QED) is 0.862. The maximum atomic E-state index is 11.8. The molecule has 2 N–H and O–H groups in total. The first kappa shape index (κ1) is 13.6. The van der Waals surface area contributed by atoms with E-state index in [-0.39, 0.29) is 11.9 Å². The highest BCUT2D eigenvalue weighted by atomic mass is 32.1. The van der Waals surface area contributed by atoms with Gasteiger partial charge in [0, 0.05) is 6.42 Å². The van der Waals surface area contributed by atoms with Crippen molar-refractivity contribution in [3.05, 3.63) is 47.0 Å². The molecule has 2 rings (SSSR count). The van der Waals surface area contributed by atoms with Gasteiger partial charge in [-0.05, 0) is 24.0 Å². The van der Waals surface area contributed by atoms with Crippen LogP contribution in [0.4, 0.5) is 0 Å². The van der Waals surface area contributed by atoms with Crippen LogP contribution >= 0.6 is 11.5 Å². The van der Waals surface area contributed by atoms with E-state index in [1.165, 1.54) is 6.20 Å². The van der Waals surface area contributed by atoms with E-state index in [2.05, 4.69) is 14.9 Å². The Balaban J connectivity index is 1.89. The molecule has 5 nitrogen and oxygen atoms in total. The van der Waals surface area contributed by atoms with Gasteiger partial charge in [-0.3, -0.25) is 4.79 Å². The molecule has 0 aliphatic rings. The number of aliphatic hydroxyl groups is 1. The zero-order chi connectivity index (χ0) is 13.7. The third-order valence-electron chi connectivity index (χ3n) is 2.81. The Morgan fingerprint density at radius 2 is 2.16 bits per heavy atom. The number of hydrogen-bond donors (Lipinski definition) is 2. The molecule has 0 aliphatic heterocycles. The Labute approximate surface area is 115 Å². The van der Waals surface area contributed by atoms with Gasteiger partial charge >= 0.3 is 0 Å². The normalized spacial score (nSPS) is 13.8. The summed E-state index contributed by atoms with van der Waals surface area (Å²) in [5.74, 6) is -0.255. The van der Waals surface area contributed by atoms with Crippen molar-refractivity contribution in [2.45, 2.75) is 25.5 Å². The number of aromatic nitrogens is 2. The summed E-state index contributed by atoms with van der Waals surface area (Å²) < 4.78 is 3.63. The summed E-state index contributed by atoms with van der Waals surface area (Å²) in [4.78, 5) is 12.2. The number of carbonyl (C=O) groups is 1. The van der Waals surface area contributed by atoms with Gasteiger partial charge in [0.05, 0.1) is 18.3 Å². The molecule has 19 heavy (non-hydrogen) atoms. The highest BCUT2D eigenvalue weighted by molar-refractivity contribution is 7.07. The molecule has 0 saturated carbocycles. The number of carbonyl (C=O) groups excluding carboxylic acids is 1. The van der Waals surface area contributed by atoms with Crippen molar-refractivity contribution in [1.82, 2.24) is 14.9 Å². The summed E-state index contributed by atoms with van der Waals surface area (Å²) in [6.45, 7) is 1.78. The van der Waals surface area contributed by atoms with Crippen LogP contribution in [0.1, 0.15) is 22.2 Å². The number of nitrogens with one attached hydrogen (secondary N) is 1. The topological polar surface area (TPSA) is 75.1 Å². The second-order valence-corrected chi connectivity index (χ2v) is 5.09. The van der Waals surface area contributed by atoms with Crippen LogP contribution < -0.4 is 5.32 Å². The molecule has 2 unspecified atom stereocenters. The van der Waals surface area contributed by atoms with Crippen LogP contribution in [-0.4, -0.2) is 32.7 Å². The van der Waals surface area contributed by atoms with Crippen molar-refractivity contribution >= 4 is 17.4 Å². The summed E-state index contributed by atoms with van der Waals surface area (Å²) in [7, 11) is 0. The summed E-state index contributed by atoms with van der Waals surface area (Å²) >= 11 is 1.03. The lowest BCUT2D eigenvalue weighted by molar-refractivity contribution is 0.0855. The van der Waals surface area contributed by atoms with Crippen LogP contribution in [0, 0.1) is 0 Å². The SMILES string of the molecule is CC(NC(=O)c1cnns1)C(O)Cc1ccccc1. The molecule has 0 spiro atoms. The Kier molecular flexibility index (Phi) is 4.59. The summed E-state index contributed by atoms with van der Waals surface area (Å²) in [5, 5.41) is 16.4. The first-order valence-electron chi connectivity index (χ1n) is 5.97. The largest absolute Gasteiger partial charge is 0.391 e. The molecular formula is C13H15N3O2S. The smallest absolute Gasteiger partial charge is 0.264 e. The van der Waals surface area contributed by atoms with Crippen molar-refractivity contribution in [3.8, 4) is 0 Å². The highest BCUT2D eigenvalue weighted by Crippen LogP contribution is 2.07. The average Bonchev–Trinajstić information content (AvgIpc) is 2.93. The third-order valence-corrected chi connectivity index (χ3v) is 3.47. The molecule has 0 fully saturated rings. The fraction of sp³-hybridized carbons (Fsp3) is 0.308. The van der Waals surface area contributed by atoms with E-state index in [1.807, 2.05) is 30.3 Å². The third kappa shape index (κ3) is 3.84. The fourth-order valence-electron chi connectivity index (χ4n) is 1.67. The van der Waals surface area contributed by atoms with Crippen LogP contribution in [0.3, 0.4) is 0 Å². The van der Waals surface area contributed by atoms with E-state index in [0.29, 0.717) is 11.3 Å². The molecule has 1 amide bonds. The van der Waals surface area contributed by atoms with E-state index < -0.39 is 6.10 Å². The van der Waals surface area contributed by atoms with Crippen molar-refractivity contribution < 1.29 is 9.90 Å². The Hall–Kier alpha value is -1.79. The number of aliphatic hydroxyl groups excluding tert-OH is 1. The molecule has 0 aliphatic carbocycles. The molecule has 0 radical (unpaired) electrons. The highest BCUT2D eigenvalue weighted by Gasteiger charge is 2.18. The van der Waals surface area contributed by atoms with Crippen LogP contribution in [0.5, 0.6) is 0 Å². The Bertz CT molecular complexity index is 516. The van der Waals surface area contributed by atoms with Crippen molar-refractivity contribution in [1.29, 1.82) is 0 Å². The molecule has 2 atom stereocenters. The van der Waals surface area contributed by atoms with Crippen LogP contribution in [0.2, 0.25) is 0 Å². The molecule has 2 aromatic rings. The second kappa shape index (κ2) is 6.40. The first-order chi connectivity index (χ1) is 9.16. The molecule has 1 heterocycles. The lowest BCUT2D eigenvalue weighted by atomic mass is 10.0. The van der Waals surface area contributed by atoms with Gasteiger partial charge in [-0.25, -0.2) is 0 Å². The molecule has 6 heteroatoms. The second-order valence-electron chi connectivity index (χ2n) is 4.30. The zero-order valence-corrected chi connectivity index (χ0v) is 11.3. The maximum Gasteiger partial charge on any atom is 0.264 e. The number of hydrogen-bond acceptors (Lipinski definition) is 5. The minimum Gasteiger partial charge on any atom is -0.391 e. The van der Waals surface area contributed by atoms with E-state index in [0.717, 1.165) is 17.1 Å². The summed E-state index contributed by atoms with van der Waals surface area (Å²) in [5.41, 5.74) is 1.04. The minimum atomic E-state index is -0.632. The first-order valence-corrected chi connectivity index (χ1v) is 6.74. The molecule has 100 valence electrons. The van der Waals surface area contributed by atoms with Gasteiger partial charge < -0.3 is 10.4 Å². The van der Waals surface area contributed by atoms with Gasteiger partial charge in [0.2, 0.25) is 0 Å². The monoisotopic (exact) mass is 277 g/mol. The standard InChI is InChI=1S/C13H15N3O2S/c1-9(15-13(18)12-8-14-16-19-12)11(17)7-10-5-3-2-4-6-10/h2-6,8-9,11,17H,7H2,1H3,(H,15,18). The van der Waals surface area contributed by atoms with E-state index >= 15 is 0 Å². The fourth-order valence-corrected chi connectivity index (χ4v) is 2.09. The Morgan fingerprint density at radius 3 is 2.79 bits per heavy atom. The van der Waals surface area contributed by atoms with Gasteiger partial charge in [0.1, 0.15) is 4.88 Å². The minimum absolute atomic E-state index is 0.255. The lowest BCUT2D eigenvalue weighted by Crippen LogP contribution is -2.41. The number of amides is 1. The number of rotatable bonds is 5. The summed E-state index contributed by atoms with van der Waals surface area (Å²) in [6, 6.07) is 9.34. The van der Waals surface area contributed by atoms with Gasteiger partial charge in [0.25, 0.3) is 5.91 Å². The van der Waals surface area contributed by atoms with Gasteiger partial charge in [-0.2, -0.15) is 0 Å². The van der Waals surface area contributed by atoms with Crippen LogP contribution in [0.15, 0.2) is 36.5 Å². The zero-order valence-electron chi connectivity index (χ0n) is 10.5. The molecular weight excluding hydrogens is 262 g/mol. The number of nitrogens with zero attached hydrogens (tertiary/aromatic N) is 2. The average molecular weight is 277 g/mol. The van der Waals surface area contributed by atoms with Crippen LogP contribution in [-0.2, 0) is 6.42 Å². The molecule has 0 bridgehead atoms. The van der Waals surface area contributed by atoms with Gasteiger partial charge in [-0.1, -0.05) is 34.8 Å². The summed E-state index contributed by atoms with van der Waals surface area (Å²) in [6.07, 6.45) is 1.28. The van der Waals surface area contributed by atoms with E-state index in [1.54, 1.807) is 6.92 Å². The van der Waals surface area contributed by atoms with E-state index in [9.17, 15) is 9.90 Å². The molecule has 0 saturated heterocycles. The predicted molar refractivity (Wildman–Crippen MR) is 73.0 cm³/mol. The van der Waals surface area contributed by atoms with Crippen molar-refractivity contribution in [2.75, 3.05) is 0 Å². The Morgan fingerprint density at radius 1 is 1.42 bits per heavy atom. The predicted octanol–water partition coefficient (Wildman–Crippen LogP) is 1.26. The van der Waals surface area contributed by atoms with E-state index in [4.69, 9.17) is 0 Å². The maximum absolute atomic E-state index is 11.8. The molecule has 1 aromatic carbocycles. The number of benzene rings is 1. The van der Waals surface area contributed by atoms with Crippen LogP contribution in [0.25, 0.3) is 0 Å². The van der Waals surface area contributed by atoms with Gasteiger partial charge in [-0.15, -0.1) is 5.10 Å². The van der Waals surface area contributed by atoms with Crippen molar-refractivity contribution in [3.63, 3.8) is 0 Å². The molecule has 1 aromatic heterocycles. The van der Waals surface area contributed by atoms with Gasteiger partial charge in [0.15, 0.2) is 0 Å². The lowest BCUT2D eigenvalue weighted by Gasteiger charge is -2.19. The van der Waals surface area contributed by atoms with Crippen molar-refractivity contribution in [2.24, 2.45) is 0 Å².